The number of hydrogen-bond acceptors (Lipinski definition) is 3. The highest BCUT2D eigenvalue weighted by atomic mass is 32.2. The zero-order chi connectivity index (χ0) is 14.2. The van der Waals surface area contributed by atoms with Gasteiger partial charge in [0.25, 0.3) is 0 Å². The number of esters is 1. The summed E-state index contributed by atoms with van der Waals surface area (Å²) in [5, 5.41) is 0. The van der Waals surface area contributed by atoms with Gasteiger partial charge in [-0.3, -0.25) is 0 Å². The molecule has 0 amide bonds. The van der Waals surface area contributed by atoms with E-state index < -0.39 is 0 Å². The minimum atomic E-state index is -0.356. The van der Waals surface area contributed by atoms with Gasteiger partial charge in [0.2, 0.25) is 0 Å². The van der Waals surface area contributed by atoms with Gasteiger partial charge in [0, 0.05) is 16.7 Å². The van der Waals surface area contributed by atoms with Crippen LogP contribution in [0.1, 0.15) is 50.4 Å². The first kappa shape index (κ1) is 12.8. The number of hydrogen-bond donors (Lipinski definition) is 0. The molecule has 0 saturated heterocycles. The second-order valence-electron chi connectivity index (χ2n) is 7.23. The Kier molecular flexibility index (Phi) is 2.31. The van der Waals surface area contributed by atoms with Gasteiger partial charge in [0.15, 0.2) is 4.93 Å². The normalized spacial score (nSPS) is 40.8. The van der Waals surface area contributed by atoms with Crippen LogP contribution >= 0.6 is 11.8 Å². The van der Waals surface area contributed by atoms with Crippen LogP contribution in [0.3, 0.4) is 0 Å². The van der Waals surface area contributed by atoms with Crippen LogP contribution in [0, 0.1) is 16.7 Å². The zero-order valence-corrected chi connectivity index (χ0v) is 13.0. The predicted octanol–water partition coefficient (Wildman–Crippen LogP) is 4.49. The van der Waals surface area contributed by atoms with Crippen LogP contribution in [0.2, 0.25) is 0 Å². The average molecular weight is 288 g/mol. The maximum absolute atomic E-state index is 12.4. The molecule has 1 heterocycles. The third kappa shape index (κ3) is 1.26. The SMILES string of the molecule is CC1(C)[C@H]2CC[C@]1(C)[C@]1(C2)OC(=O)c2ccccc2S1. The largest absolute Gasteiger partial charge is 0.443 e. The predicted molar refractivity (Wildman–Crippen MR) is 79.7 cm³/mol. The van der Waals surface area contributed by atoms with Crippen molar-refractivity contribution in [3.05, 3.63) is 29.8 Å². The average Bonchev–Trinajstić information content (AvgIpc) is 2.71. The van der Waals surface area contributed by atoms with Gasteiger partial charge in [-0.15, -0.1) is 0 Å². The minimum absolute atomic E-state index is 0.0680. The molecule has 2 fully saturated rings. The van der Waals surface area contributed by atoms with Gasteiger partial charge in [0.1, 0.15) is 0 Å². The Morgan fingerprint density at radius 3 is 2.65 bits per heavy atom. The third-order valence-electron chi connectivity index (χ3n) is 6.43. The quantitative estimate of drug-likeness (QED) is 0.658. The van der Waals surface area contributed by atoms with Gasteiger partial charge in [-0.05, 0) is 36.3 Å². The van der Waals surface area contributed by atoms with Crippen LogP contribution in [0.25, 0.3) is 0 Å². The topological polar surface area (TPSA) is 26.3 Å². The van der Waals surface area contributed by atoms with Gasteiger partial charge < -0.3 is 4.74 Å². The molecule has 2 nitrogen and oxygen atoms in total. The van der Waals surface area contributed by atoms with Crippen molar-refractivity contribution in [2.24, 2.45) is 16.7 Å². The highest BCUT2D eigenvalue weighted by Crippen LogP contribution is 2.75. The highest BCUT2D eigenvalue weighted by molar-refractivity contribution is 8.00. The molecule has 2 bridgehead atoms. The number of benzene rings is 1. The highest BCUT2D eigenvalue weighted by Gasteiger charge is 2.72. The van der Waals surface area contributed by atoms with Crippen molar-refractivity contribution < 1.29 is 9.53 Å². The van der Waals surface area contributed by atoms with Crippen LogP contribution < -0.4 is 0 Å². The standard InChI is InChI=1S/C17H20O2S/c1-15(2)11-8-9-16(15,3)17(10-11)19-14(18)12-6-4-5-7-13(12)20-17/h4-7,11H,8-10H2,1-3H3/t11-,16-,17+/m0/s1. The molecule has 1 aromatic carbocycles. The van der Waals surface area contributed by atoms with Gasteiger partial charge in [-0.25, -0.2) is 4.79 Å². The molecule has 3 atom stereocenters. The zero-order valence-electron chi connectivity index (χ0n) is 12.2. The van der Waals surface area contributed by atoms with E-state index in [1.54, 1.807) is 11.8 Å². The van der Waals surface area contributed by atoms with Crippen LogP contribution in [-0.2, 0) is 4.74 Å². The van der Waals surface area contributed by atoms with E-state index in [1.807, 2.05) is 18.2 Å². The first-order valence-corrected chi connectivity index (χ1v) is 8.23. The van der Waals surface area contributed by atoms with Crippen molar-refractivity contribution in [2.45, 2.75) is 49.9 Å². The summed E-state index contributed by atoms with van der Waals surface area (Å²) in [4.78, 5) is 13.2. The smallest absolute Gasteiger partial charge is 0.340 e. The summed E-state index contributed by atoms with van der Waals surface area (Å²) in [6.45, 7) is 7.04. The lowest BCUT2D eigenvalue weighted by Crippen LogP contribution is -2.49. The molecule has 20 heavy (non-hydrogen) atoms. The van der Waals surface area contributed by atoms with Gasteiger partial charge in [0.05, 0.1) is 5.56 Å². The Bertz CT molecular complexity index is 609. The Morgan fingerprint density at radius 1 is 1.25 bits per heavy atom. The lowest BCUT2D eigenvalue weighted by Gasteiger charge is -2.48. The summed E-state index contributed by atoms with van der Waals surface area (Å²) in [5.74, 6) is 0.530. The Balaban J connectivity index is 1.84. The molecule has 0 aromatic heterocycles. The number of carbonyl (C=O) groups excluding carboxylic acids is 1. The summed E-state index contributed by atoms with van der Waals surface area (Å²) < 4.78 is 6.06. The fourth-order valence-corrected chi connectivity index (χ4v) is 6.38. The number of carbonyl (C=O) groups is 1. The molecular formula is C17H20O2S. The third-order valence-corrected chi connectivity index (χ3v) is 8.04. The summed E-state index contributed by atoms with van der Waals surface area (Å²) in [7, 11) is 0. The summed E-state index contributed by atoms with van der Waals surface area (Å²) in [6, 6.07) is 7.85. The molecule has 4 rings (SSSR count). The molecule has 106 valence electrons. The molecule has 1 aromatic rings. The molecule has 1 aliphatic heterocycles. The maximum atomic E-state index is 12.4. The Labute approximate surface area is 124 Å². The molecule has 3 aliphatic rings. The monoisotopic (exact) mass is 288 g/mol. The van der Waals surface area contributed by atoms with Crippen molar-refractivity contribution in [1.82, 2.24) is 0 Å². The molecule has 3 heteroatoms. The first-order valence-electron chi connectivity index (χ1n) is 7.41. The summed E-state index contributed by atoms with van der Waals surface area (Å²) in [5.41, 5.74) is 1.04. The number of rotatable bonds is 0. The van der Waals surface area contributed by atoms with E-state index in [4.69, 9.17) is 4.74 Å². The van der Waals surface area contributed by atoms with Crippen LogP contribution in [-0.4, -0.2) is 10.9 Å². The lowest BCUT2D eigenvalue weighted by molar-refractivity contribution is -0.0472. The van der Waals surface area contributed by atoms with E-state index in [2.05, 4.69) is 26.8 Å². The van der Waals surface area contributed by atoms with Crippen molar-refractivity contribution in [3.8, 4) is 0 Å². The van der Waals surface area contributed by atoms with Crippen molar-refractivity contribution in [2.75, 3.05) is 0 Å². The molecular weight excluding hydrogens is 268 g/mol. The molecule has 0 N–H and O–H groups in total. The molecule has 0 radical (unpaired) electrons. The van der Waals surface area contributed by atoms with E-state index in [0.29, 0.717) is 5.92 Å². The second kappa shape index (κ2) is 3.62. The fraction of sp³-hybridized carbons (Fsp3) is 0.588. The molecule has 2 aliphatic carbocycles. The van der Waals surface area contributed by atoms with Crippen molar-refractivity contribution in [3.63, 3.8) is 0 Å². The molecule has 0 unspecified atom stereocenters. The van der Waals surface area contributed by atoms with E-state index >= 15 is 0 Å². The van der Waals surface area contributed by atoms with Gasteiger partial charge in [-0.2, -0.15) is 0 Å². The summed E-state index contributed by atoms with van der Waals surface area (Å²) in [6.07, 6.45) is 3.43. The molecule has 2 saturated carbocycles. The van der Waals surface area contributed by atoms with E-state index in [1.165, 1.54) is 6.42 Å². The lowest BCUT2D eigenvalue weighted by atomic mass is 9.69. The van der Waals surface area contributed by atoms with Crippen LogP contribution in [0.4, 0.5) is 0 Å². The number of ether oxygens (including phenoxy) is 1. The maximum Gasteiger partial charge on any atom is 0.340 e. The molecule has 1 spiro atoms. The van der Waals surface area contributed by atoms with E-state index in [-0.39, 0.29) is 21.7 Å². The summed E-state index contributed by atoms with van der Waals surface area (Å²) >= 11 is 1.79. The fourth-order valence-electron chi connectivity index (χ4n) is 4.62. The minimum Gasteiger partial charge on any atom is -0.443 e. The van der Waals surface area contributed by atoms with E-state index in [9.17, 15) is 4.79 Å². The van der Waals surface area contributed by atoms with Gasteiger partial charge >= 0.3 is 5.97 Å². The van der Waals surface area contributed by atoms with E-state index in [0.717, 1.165) is 23.3 Å². The van der Waals surface area contributed by atoms with Crippen molar-refractivity contribution >= 4 is 17.7 Å². The number of fused-ring (bicyclic) bond motifs is 4. The van der Waals surface area contributed by atoms with Crippen LogP contribution in [0.15, 0.2) is 29.2 Å². The Morgan fingerprint density at radius 2 is 2.00 bits per heavy atom. The second-order valence-corrected chi connectivity index (χ2v) is 8.54. The van der Waals surface area contributed by atoms with Crippen molar-refractivity contribution in [1.29, 1.82) is 0 Å². The van der Waals surface area contributed by atoms with Gasteiger partial charge in [-0.1, -0.05) is 44.7 Å². The van der Waals surface area contributed by atoms with Crippen LogP contribution in [0.5, 0.6) is 0 Å². The first-order chi connectivity index (χ1) is 9.40. The Hall–Kier alpha value is -0.960. The number of thioether (sulfide) groups is 1.